The predicted octanol–water partition coefficient (Wildman–Crippen LogP) is 4.84. The summed E-state index contributed by atoms with van der Waals surface area (Å²) in [4.78, 5) is 53.8. The molecule has 14 heteroatoms. The summed E-state index contributed by atoms with van der Waals surface area (Å²) in [6.07, 6.45) is 1.47. The number of aromatic nitrogens is 1. The van der Waals surface area contributed by atoms with E-state index in [1.165, 1.54) is 41.0 Å². The maximum Gasteiger partial charge on any atom is 0.338 e. The highest BCUT2D eigenvalue weighted by atomic mass is 35.5. The van der Waals surface area contributed by atoms with Crippen molar-refractivity contribution in [3.63, 3.8) is 0 Å². The van der Waals surface area contributed by atoms with Gasteiger partial charge in [-0.2, -0.15) is 0 Å². The number of nitrogens with zero attached hydrogens (tertiary/aromatic N) is 4. The number of benzene rings is 2. The van der Waals surface area contributed by atoms with Gasteiger partial charge in [0.25, 0.3) is 16.9 Å². The van der Waals surface area contributed by atoms with Crippen LogP contribution in [-0.4, -0.2) is 27.0 Å². The Balaban J connectivity index is 1.67. The number of halogens is 1. The molecule has 1 aliphatic heterocycles. The van der Waals surface area contributed by atoms with E-state index in [1.807, 2.05) is 0 Å². The summed E-state index contributed by atoms with van der Waals surface area (Å²) in [7, 11) is 0. The molecule has 12 nitrogen and oxygen atoms in total. The van der Waals surface area contributed by atoms with Crippen LogP contribution in [0.1, 0.15) is 36.8 Å². The van der Waals surface area contributed by atoms with Crippen LogP contribution >= 0.6 is 22.9 Å². The first-order valence-corrected chi connectivity index (χ1v) is 13.7. The van der Waals surface area contributed by atoms with Crippen molar-refractivity contribution in [2.75, 3.05) is 6.61 Å². The number of aryl methyl sites for hydroxylation is 1. The first kappa shape index (κ1) is 28.6. The fourth-order valence-electron chi connectivity index (χ4n) is 4.67. The second-order valence-electron chi connectivity index (χ2n) is 9.23. The van der Waals surface area contributed by atoms with E-state index >= 15 is 0 Å². The van der Waals surface area contributed by atoms with E-state index in [4.69, 9.17) is 20.8 Å². The molecule has 0 saturated carbocycles. The van der Waals surface area contributed by atoms with Gasteiger partial charge in [-0.15, -0.1) is 0 Å². The minimum absolute atomic E-state index is 0.0768. The Morgan fingerprint density at radius 1 is 1.12 bits per heavy atom. The van der Waals surface area contributed by atoms with Gasteiger partial charge in [0.2, 0.25) is 0 Å². The number of thiazole rings is 1. The van der Waals surface area contributed by atoms with Crippen molar-refractivity contribution in [2.45, 2.75) is 26.8 Å². The summed E-state index contributed by atoms with van der Waals surface area (Å²) >= 11 is 6.96. The molecule has 0 spiro atoms. The normalized spacial score (nSPS) is 14.9. The lowest BCUT2D eigenvalue weighted by molar-refractivity contribution is -0.385. The molecule has 42 heavy (non-hydrogen) atoms. The second-order valence-corrected chi connectivity index (χ2v) is 10.7. The van der Waals surface area contributed by atoms with Crippen LogP contribution in [0.15, 0.2) is 74.0 Å². The average molecular weight is 609 g/mol. The molecule has 1 aliphatic rings. The van der Waals surface area contributed by atoms with E-state index in [-0.39, 0.29) is 55.0 Å². The third-order valence-corrected chi connectivity index (χ3v) is 7.80. The number of ether oxygens (including phenoxy) is 1. The van der Waals surface area contributed by atoms with Crippen molar-refractivity contribution >= 4 is 46.4 Å². The molecule has 4 aromatic rings. The van der Waals surface area contributed by atoms with Crippen LogP contribution in [0.4, 0.5) is 11.4 Å². The zero-order valence-corrected chi connectivity index (χ0v) is 23.9. The third kappa shape index (κ3) is 5.15. The summed E-state index contributed by atoms with van der Waals surface area (Å²) in [6, 6.07) is 10.8. The molecular weight excluding hydrogens is 588 g/mol. The lowest BCUT2D eigenvalue weighted by atomic mass is 9.94. The Bertz CT molecular complexity index is 2010. The number of esters is 1. The lowest BCUT2D eigenvalue weighted by Crippen LogP contribution is -2.40. The number of nitro groups is 2. The van der Waals surface area contributed by atoms with Crippen molar-refractivity contribution in [3.8, 4) is 11.3 Å². The minimum Gasteiger partial charge on any atom is -0.463 e. The molecule has 5 rings (SSSR count). The quantitative estimate of drug-likeness (QED) is 0.164. The van der Waals surface area contributed by atoms with Crippen molar-refractivity contribution in [2.24, 2.45) is 4.99 Å². The number of fused-ring (bicyclic) bond motifs is 1. The number of nitro benzene ring substituents is 2. The standard InChI is InChI=1S/C28H21ClN4O8S/c1-4-40-27(35)24-15(3)30-28-31(25(24)16-6-5-14(2)20(11-16)32(36)37)26(34)23(42-28)13-18-8-10-22(41-18)19-9-7-17(29)12-21(19)33(38)39/h5-13,25H,4H2,1-3H3/b23-13+/t25-/m0/s1. The Morgan fingerprint density at radius 3 is 2.55 bits per heavy atom. The van der Waals surface area contributed by atoms with E-state index in [9.17, 15) is 29.8 Å². The van der Waals surface area contributed by atoms with Crippen LogP contribution in [0, 0.1) is 27.2 Å². The summed E-state index contributed by atoms with van der Waals surface area (Å²) in [5.74, 6) is -0.257. The highest BCUT2D eigenvalue weighted by Gasteiger charge is 2.34. The van der Waals surface area contributed by atoms with E-state index in [0.29, 0.717) is 16.8 Å². The van der Waals surface area contributed by atoms with Crippen molar-refractivity contribution in [3.05, 3.63) is 122 Å². The molecule has 0 amide bonds. The molecule has 3 heterocycles. The van der Waals surface area contributed by atoms with Gasteiger partial charge in [0, 0.05) is 28.8 Å². The molecule has 0 N–H and O–H groups in total. The summed E-state index contributed by atoms with van der Waals surface area (Å²) in [6.45, 7) is 4.92. The summed E-state index contributed by atoms with van der Waals surface area (Å²) < 4.78 is 12.6. The molecule has 0 saturated heterocycles. The van der Waals surface area contributed by atoms with E-state index in [2.05, 4.69) is 4.99 Å². The Kier molecular flexibility index (Phi) is 7.63. The molecule has 2 aromatic carbocycles. The molecular formula is C28H21ClN4O8S. The zero-order valence-electron chi connectivity index (χ0n) is 22.3. The molecule has 0 radical (unpaired) electrons. The van der Waals surface area contributed by atoms with Gasteiger partial charge in [0.1, 0.15) is 11.5 Å². The van der Waals surface area contributed by atoms with Crippen molar-refractivity contribution in [1.82, 2.24) is 4.57 Å². The number of furan rings is 1. The van der Waals surface area contributed by atoms with E-state index in [1.54, 1.807) is 39.0 Å². The van der Waals surface area contributed by atoms with Gasteiger partial charge in [-0.25, -0.2) is 9.79 Å². The van der Waals surface area contributed by atoms with Crippen LogP contribution < -0.4 is 14.9 Å². The average Bonchev–Trinajstić information content (AvgIpc) is 3.52. The molecule has 0 unspecified atom stereocenters. The van der Waals surface area contributed by atoms with Gasteiger partial charge < -0.3 is 9.15 Å². The fourth-order valence-corrected chi connectivity index (χ4v) is 5.86. The monoisotopic (exact) mass is 608 g/mol. The minimum atomic E-state index is -1.04. The number of carbonyl (C=O) groups excluding carboxylic acids is 1. The second kappa shape index (κ2) is 11.2. The molecule has 0 fully saturated rings. The highest BCUT2D eigenvalue weighted by molar-refractivity contribution is 7.07. The third-order valence-electron chi connectivity index (χ3n) is 6.58. The number of rotatable bonds is 7. The predicted molar refractivity (Wildman–Crippen MR) is 154 cm³/mol. The summed E-state index contributed by atoms with van der Waals surface area (Å²) in [5, 5.41) is 23.4. The van der Waals surface area contributed by atoms with Crippen LogP contribution in [0.3, 0.4) is 0 Å². The first-order chi connectivity index (χ1) is 20.0. The maximum atomic E-state index is 13.8. The number of hydrogen-bond acceptors (Lipinski definition) is 10. The number of carbonyl (C=O) groups is 1. The summed E-state index contributed by atoms with van der Waals surface area (Å²) in [5.41, 5.74) is 0.451. The van der Waals surface area contributed by atoms with Gasteiger partial charge in [-0.3, -0.25) is 29.6 Å². The lowest BCUT2D eigenvalue weighted by Gasteiger charge is -2.24. The van der Waals surface area contributed by atoms with Gasteiger partial charge in [0.05, 0.1) is 43.9 Å². The van der Waals surface area contributed by atoms with Crippen LogP contribution in [0.5, 0.6) is 0 Å². The molecule has 2 aromatic heterocycles. The highest BCUT2D eigenvalue weighted by Crippen LogP contribution is 2.35. The smallest absolute Gasteiger partial charge is 0.338 e. The SMILES string of the molecule is CCOC(=O)C1=C(C)N=c2s/c(=C/c3ccc(-c4ccc(Cl)cc4[N+](=O)[O-])o3)c(=O)n2[C@H]1c1ccc(C)c([N+](=O)[O-])c1. The number of allylic oxidation sites excluding steroid dienone is 1. The van der Waals surface area contributed by atoms with Crippen molar-refractivity contribution < 1.29 is 23.8 Å². The largest absolute Gasteiger partial charge is 0.463 e. The fraction of sp³-hybridized carbons (Fsp3) is 0.179. The Hall–Kier alpha value is -4.88. The van der Waals surface area contributed by atoms with Gasteiger partial charge in [0.15, 0.2) is 4.80 Å². The Labute approximate surface area is 245 Å². The topological polar surface area (TPSA) is 160 Å². The van der Waals surface area contributed by atoms with Crippen LogP contribution in [0.2, 0.25) is 5.02 Å². The van der Waals surface area contributed by atoms with Crippen LogP contribution in [-0.2, 0) is 9.53 Å². The van der Waals surface area contributed by atoms with E-state index in [0.717, 1.165) is 11.3 Å². The molecule has 0 aliphatic carbocycles. The molecule has 214 valence electrons. The van der Waals surface area contributed by atoms with Gasteiger partial charge >= 0.3 is 5.97 Å². The van der Waals surface area contributed by atoms with Gasteiger partial charge in [-0.05, 0) is 50.6 Å². The molecule has 0 bridgehead atoms. The van der Waals surface area contributed by atoms with E-state index < -0.39 is 27.4 Å². The van der Waals surface area contributed by atoms with Gasteiger partial charge in [-0.1, -0.05) is 35.1 Å². The number of hydrogen-bond donors (Lipinski definition) is 0. The van der Waals surface area contributed by atoms with Crippen LogP contribution in [0.25, 0.3) is 17.4 Å². The zero-order chi connectivity index (χ0) is 30.3. The van der Waals surface area contributed by atoms with Crippen molar-refractivity contribution in [1.29, 1.82) is 0 Å². The molecule has 1 atom stereocenters. The first-order valence-electron chi connectivity index (χ1n) is 12.5. The Morgan fingerprint density at radius 2 is 1.86 bits per heavy atom. The maximum absolute atomic E-state index is 13.8.